The molecule has 38 heavy (non-hydrogen) atoms. The zero-order chi connectivity index (χ0) is 26.7. The number of hydrogen-bond donors (Lipinski definition) is 1. The number of Topliss-reactive ketones (excluding diaryl/α,β-unsaturated/α-hetero) is 1. The third kappa shape index (κ3) is 7.53. The molecule has 204 valence electrons. The van der Waals surface area contributed by atoms with Crippen molar-refractivity contribution in [2.45, 2.75) is 50.9 Å². The van der Waals surface area contributed by atoms with E-state index in [0.29, 0.717) is 32.7 Å². The van der Waals surface area contributed by atoms with Crippen LogP contribution >= 0.6 is 0 Å². The maximum Gasteiger partial charge on any atom is 0.219 e. The first kappa shape index (κ1) is 28.0. The van der Waals surface area contributed by atoms with Crippen molar-refractivity contribution >= 4 is 11.7 Å². The smallest absolute Gasteiger partial charge is 0.219 e. The molecule has 1 saturated carbocycles. The molecule has 0 aromatic heterocycles. The lowest BCUT2D eigenvalue weighted by Crippen LogP contribution is -2.49. The molecule has 1 aliphatic heterocycles. The number of carbonyl (C=O) groups is 2. The van der Waals surface area contributed by atoms with E-state index in [2.05, 4.69) is 58.8 Å². The van der Waals surface area contributed by atoms with Crippen molar-refractivity contribution in [3.8, 4) is 16.9 Å². The summed E-state index contributed by atoms with van der Waals surface area (Å²) < 4.78 is 17.2. The van der Waals surface area contributed by atoms with Crippen molar-refractivity contribution in [1.82, 2.24) is 10.2 Å². The van der Waals surface area contributed by atoms with Gasteiger partial charge in [0.1, 0.15) is 5.75 Å². The molecule has 1 aliphatic carbocycles. The van der Waals surface area contributed by atoms with Gasteiger partial charge in [0.15, 0.2) is 5.78 Å². The average Bonchev–Trinajstić information content (AvgIpc) is 3.28. The van der Waals surface area contributed by atoms with Crippen molar-refractivity contribution in [2.24, 2.45) is 5.92 Å². The van der Waals surface area contributed by atoms with Gasteiger partial charge in [-0.25, -0.2) is 0 Å². The first-order valence-electron chi connectivity index (χ1n) is 13.6. The van der Waals surface area contributed by atoms with Crippen molar-refractivity contribution in [1.29, 1.82) is 0 Å². The Labute approximate surface area is 226 Å². The van der Waals surface area contributed by atoms with E-state index in [9.17, 15) is 9.59 Å². The van der Waals surface area contributed by atoms with Crippen LogP contribution in [-0.4, -0.2) is 69.2 Å². The zero-order valence-electron chi connectivity index (χ0n) is 22.6. The predicted octanol–water partition coefficient (Wildman–Crippen LogP) is 4.40. The molecule has 2 fully saturated rings. The molecule has 1 heterocycles. The molecule has 0 unspecified atom stereocenters. The molecule has 1 amide bonds. The number of methoxy groups -OCH3 is 1. The number of ether oxygens (including phenoxy) is 3. The molecular formula is C31H40N2O5. The molecule has 4 rings (SSSR count). The summed E-state index contributed by atoms with van der Waals surface area (Å²) in [6.07, 6.45) is 7.61. The van der Waals surface area contributed by atoms with Crippen LogP contribution in [0.2, 0.25) is 0 Å². The number of rotatable bonds is 12. The monoisotopic (exact) mass is 520 g/mol. The van der Waals surface area contributed by atoms with Crippen LogP contribution in [0.25, 0.3) is 11.1 Å². The van der Waals surface area contributed by atoms with Crippen LogP contribution in [0.1, 0.15) is 37.7 Å². The molecule has 2 aromatic carbocycles. The molecule has 0 bridgehead atoms. The molecule has 2 aliphatic rings. The Kier molecular flexibility index (Phi) is 10.5. The Morgan fingerprint density at radius 2 is 1.74 bits per heavy atom. The van der Waals surface area contributed by atoms with Crippen LogP contribution < -0.4 is 10.1 Å². The second kappa shape index (κ2) is 14.2. The summed E-state index contributed by atoms with van der Waals surface area (Å²) in [7, 11) is 3.33. The molecule has 1 saturated heterocycles. The second-order valence-corrected chi connectivity index (χ2v) is 9.97. The van der Waals surface area contributed by atoms with Gasteiger partial charge in [-0.05, 0) is 48.1 Å². The molecular weight excluding hydrogens is 480 g/mol. The number of amides is 1. The number of hydrogen-bond acceptors (Lipinski definition) is 6. The predicted molar refractivity (Wildman–Crippen MR) is 148 cm³/mol. The minimum Gasteiger partial charge on any atom is -0.497 e. The average molecular weight is 521 g/mol. The number of ketones is 1. The lowest BCUT2D eigenvalue weighted by atomic mass is 9.95. The highest BCUT2D eigenvalue weighted by Crippen LogP contribution is 2.34. The largest absolute Gasteiger partial charge is 0.497 e. The molecule has 0 radical (unpaired) electrons. The Morgan fingerprint density at radius 3 is 2.39 bits per heavy atom. The van der Waals surface area contributed by atoms with E-state index in [4.69, 9.17) is 14.2 Å². The Bertz CT molecular complexity index is 1060. The summed E-state index contributed by atoms with van der Waals surface area (Å²) in [6.45, 7) is 3.36. The maximum absolute atomic E-state index is 13.2. The van der Waals surface area contributed by atoms with Gasteiger partial charge in [-0.1, -0.05) is 48.6 Å². The van der Waals surface area contributed by atoms with Crippen molar-refractivity contribution in [3.05, 3.63) is 66.2 Å². The lowest BCUT2D eigenvalue weighted by molar-refractivity contribution is -0.124. The van der Waals surface area contributed by atoms with E-state index < -0.39 is 0 Å². The SMILES string of the molecule is CNC(=O)CCC/C=C\C[C@H]1[C@@H](OCc2ccc(-c3ccc(OC)cc3)cc2)CC(=O)[C@@H]1N1CCOCC1. The van der Waals surface area contributed by atoms with Crippen LogP contribution in [0.3, 0.4) is 0 Å². The first-order chi connectivity index (χ1) is 18.6. The number of nitrogens with one attached hydrogen (secondary N) is 1. The molecule has 7 heteroatoms. The standard InChI is InChI=1S/C31H40N2O5/c1-32-30(35)8-6-4-3-5-7-27-29(21-28(34)31(27)33-17-19-37-20-18-33)38-22-23-9-11-24(12-10-23)25-13-15-26(36-2)16-14-25/h3,5,9-16,27,29,31H,4,6-8,17-22H2,1-2H3,(H,32,35)/b5-3-/t27-,29-,31+/m0/s1. The fourth-order valence-corrected chi connectivity index (χ4v) is 5.36. The van der Waals surface area contributed by atoms with Gasteiger partial charge in [0.25, 0.3) is 0 Å². The number of benzene rings is 2. The van der Waals surface area contributed by atoms with Crippen molar-refractivity contribution in [3.63, 3.8) is 0 Å². The normalized spacial score (nSPS) is 22.2. The Balaban J connectivity index is 1.37. The van der Waals surface area contributed by atoms with E-state index in [1.54, 1.807) is 14.2 Å². The number of nitrogens with zero attached hydrogens (tertiary/aromatic N) is 1. The van der Waals surface area contributed by atoms with Crippen LogP contribution in [0.15, 0.2) is 60.7 Å². The van der Waals surface area contributed by atoms with E-state index in [1.165, 1.54) is 0 Å². The molecule has 2 aromatic rings. The van der Waals surface area contributed by atoms with Gasteiger partial charge < -0.3 is 19.5 Å². The van der Waals surface area contributed by atoms with E-state index in [0.717, 1.165) is 54.8 Å². The molecule has 3 atom stereocenters. The van der Waals surface area contributed by atoms with Gasteiger partial charge >= 0.3 is 0 Å². The number of morpholine rings is 1. The minimum atomic E-state index is -0.128. The van der Waals surface area contributed by atoms with Gasteiger partial charge in [0.2, 0.25) is 5.91 Å². The topological polar surface area (TPSA) is 77.1 Å². The quantitative estimate of drug-likeness (QED) is 0.330. The number of unbranched alkanes of at least 4 members (excludes halogenated alkanes) is 1. The summed E-state index contributed by atoms with van der Waals surface area (Å²) in [5.41, 5.74) is 3.36. The summed E-state index contributed by atoms with van der Waals surface area (Å²) in [4.78, 5) is 26.9. The van der Waals surface area contributed by atoms with E-state index in [-0.39, 0.29) is 29.8 Å². The summed E-state index contributed by atoms with van der Waals surface area (Å²) in [5, 5.41) is 2.66. The van der Waals surface area contributed by atoms with Crippen LogP contribution in [0.4, 0.5) is 0 Å². The van der Waals surface area contributed by atoms with Gasteiger partial charge in [0.05, 0.1) is 39.1 Å². The van der Waals surface area contributed by atoms with Crippen LogP contribution in [-0.2, 0) is 25.7 Å². The summed E-state index contributed by atoms with van der Waals surface area (Å²) >= 11 is 0. The van der Waals surface area contributed by atoms with Crippen molar-refractivity contribution < 1.29 is 23.8 Å². The second-order valence-electron chi connectivity index (χ2n) is 9.97. The highest BCUT2D eigenvalue weighted by molar-refractivity contribution is 5.87. The van der Waals surface area contributed by atoms with E-state index in [1.807, 2.05) is 12.1 Å². The zero-order valence-corrected chi connectivity index (χ0v) is 22.6. The molecule has 0 spiro atoms. The van der Waals surface area contributed by atoms with Gasteiger partial charge in [0, 0.05) is 38.9 Å². The third-order valence-corrected chi connectivity index (χ3v) is 7.52. The minimum absolute atomic E-state index is 0.0673. The number of allylic oxidation sites excluding steroid dienone is 2. The first-order valence-corrected chi connectivity index (χ1v) is 13.6. The highest BCUT2D eigenvalue weighted by atomic mass is 16.5. The van der Waals surface area contributed by atoms with Crippen LogP contribution in [0.5, 0.6) is 5.75 Å². The van der Waals surface area contributed by atoms with Gasteiger partial charge in [-0.15, -0.1) is 0 Å². The number of carbonyl (C=O) groups excluding carboxylic acids is 2. The fraction of sp³-hybridized carbons (Fsp3) is 0.484. The van der Waals surface area contributed by atoms with Gasteiger partial charge in [-0.3, -0.25) is 14.5 Å². The summed E-state index contributed by atoms with van der Waals surface area (Å²) in [6, 6.07) is 16.3. The Hall–Kier alpha value is -3.00. The highest BCUT2D eigenvalue weighted by Gasteiger charge is 2.45. The maximum atomic E-state index is 13.2. The van der Waals surface area contributed by atoms with E-state index >= 15 is 0 Å². The van der Waals surface area contributed by atoms with Crippen LogP contribution in [0, 0.1) is 5.92 Å². The summed E-state index contributed by atoms with van der Waals surface area (Å²) in [5.74, 6) is 1.28. The molecule has 7 nitrogen and oxygen atoms in total. The Morgan fingerprint density at radius 1 is 1.05 bits per heavy atom. The van der Waals surface area contributed by atoms with Gasteiger partial charge in [-0.2, -0.15) is 0 Å². The lowest BCUT2D eigenvalue weighted by Gasteiger charge is -2.35. The van der Waals surface area contributed by atoms with Crippen molar-refractivity contribution in [2.75, 3.05) is 40.5 Å². The molecule has 1 N–H and O–H groups in total. The fourth-order valence-electron chi connectivity index (χ4n) is 5.36. The third-order valence-electron chi connectivity index (χ3n) is 7.52.